The molecular formula is C19H20N2O. The van der Waals surface area contributed by atoms with Crippen molar-refractivity contribution in [3.8, 4) is 0 Å². The maximum atomic E-state index is 10.4. The third-order valence-corrected chi connectivity index (χ3v) is 3.85. The second-order valence-corrected chi connectivity index (χ2v) is 5.70. The van der Waals surface area contributed by atoms with Crippen LogP contribution in [-0.2, 0) is 6.42 Å². The third-order valence-electron chi connectivity index (χ3n) is 3.85. The maximum absolute atomic E-state index is 10.4. The Morgan fingerprint density at radius 3 is 2.41 bits per heavy atom. The smallest absolute Gasteiger partial charge is 0.0845 e. The Bertz CT molecular complexity index is 766. The van der Waals surface area contributed by atoms with Crippen LogP contribution in [-0.4, -0.2) is 24.2 Å². The average Bonchev–Trinajstić information content (AvgIpc) is 2.55. The summed E-state index contributed by atoms with van der Waals surface area (Å²) >= 11 is 0. The van der Waals surface area contributed by atoms with Crippen molar-refractivity contribution in [1.29, 1.82) is 0 Å². The van der Waals surface area contributed by atoms with Crippen LogP contribution in [0.1, 0.15) is 17.4 Å². The highest BCUT2D eigenvalue weighted by molar-refractivity contribution is 5.78. The molecule has 0 fully saturated rings. The highest BCUT2D eigenvalue weighted by atomic mass is 16.3. The van der Waals surface area contributed by atoms with Crippen LogP contribution in [0.2, 0.25) is 0 Å². The van der Waals surface area contributed by atoms with E-state index in [1.54, 1.807) is 0 Å². The minimum absolute atomic E-state index is 0.520. The lowest BCUT2D eigenvalue weighted by Crippen LogP contribution is -2.09. The molecule has 0 saturated carbocycles. The van der Waals surface area contributed by atoms with Gasteiger partial charge in [-0.05, 0) is 29.8 Å². The van der Waals surface area contributed by atoms with Gasteiger partial charge in [0.2, 0.25) is 0 Å². The highest BCUT2D eigenvalue weighted by Gasteiger charge is 2.10. The van der Waals surface area contributed by atoms with Crippen LogP contribution in [0.5, 0.6) is 0 Å². The van der Waals surface area contributed by atoms with E-state index in [1.165, 1.54) is 0 Å². The zero-order valence-corrected chi connectivity index (χ0v) is 12.9. The van der Waals surface area contributed by atoms with Crippen LogP contribution in [0, 0.1) is 0 Å². The number of hydrogen-bond donors (Lipinski definition) is 1. The molecule has 112 valence electrons. The molecule has 1 unspecified atom stereocenters. The number of aromatic nitrogens is 1. The normalized spacial score (nSPS) is 12.3. The fourth-order valence-electron chi connectivity index (χ4n) is 2.53. The molecule has 0 saturated heterocycles. The summed E-state index contributed by atoms with van der Waals surface area (Å²) in [6.45, 7) is 0. The number of rotatable bonds is 4. The Balaban J connectivity index is 1.78. The molecule has 1 aromatic heterocycles. The van der Waals surface area contributed by atoms with Gasteiger partial charge in [-0.15, -0.1) is 0 Å². The molecule has 22 heavy (non-hydrogen) atoms. The van der Waals surface area contributed by atoms with Crippen molar-refractivity contribution >= 4 is 16.6 Å². The maximum Gasteiger partial charge on any atom is 0.0845 e. The quantitative estimate of drug-likeness (QED) is 0.798. The van der Waals surface area contributed by atoms with Crippen molar-refractivity contribution < 1.29 is 5.11 Å². The van der Waals surface area contributed by atoms with Crippen LogP contribution >= 0.6 is 0 Å². The molecule has 0 radical (unpaired) electrons. The number of anilines is 1. The van der Waals surface area contributed by atoms with Gasteiger partial charge in [-0.1, -0.05) is 36.4 Å². The lowest BCUT2D eigenvalue weighted by Gasteiger charge is -2.15. The first-order chi connectivity index (χ1) is 10.6. The van der Waals surface area contributed by atoms with Gasteiger partial charge in [0.05, 0.1) is 11.6 Å². The molecule has 3 aromatic rings. The van der Waals surface area contributed by atoms with Crippen LogP contribution in [0.4, 0.5) is 5.69 Å². The van der Waals surface area contributed by atoms with Crippen molar-refractivity contribution in [3.63, 3.8) is 0 Å². The molecule has 0 bridgehead atoms. The van der Waals surface area contributed by atoms with E-state index in [1.807, 2.05) is 73.6 Å². The summed E-state index contributed by atoms with van der Waals surface area (Å²) in [4.78, 5) is 6.66. The van der Waals surface area contributed by atoms with E-state index < -0.39 is 6.10 Å². The molecular weight excluding hydrogens is 272 g/mol. The predicted molar refractivity (Wildman–Crippen MR) is 91.2 cm³/mol. The van der Waals surface area contributed by atoms with Gasteiger partial charge in [-0.3, -0.25) is 4.98 Å². The fraction of sp³-hybridized carbons (Fsp3) is 0.211. The van der Waals surface area contributed by atoms with Crippen LogP contribution in [0.15, 0.2) is 60.7 Å². The monoisotopic (exact) mass is 292 g/mol. The third kappa shape index (κ3) is 3.10. The van der Waals surface area contributed by atoms with Crippen LogP contribution in [0.25, 0.3) is 10.9 Å². The SMILES string of the molecule is CN(C)c1ccc(C(O)Cc2ccc3ccccc3n2)cc1. The molecule has 0 amide bonds. The number of aliphatic hydroxyl groups is 1. The zero-order valence-electron chi connectivity index (χ0n) is 12.9. The Morgan fingerprint density at radius 1 is 0.955 bits per heavy atom. The van der Waals surface area contributed by atoms with E-state index >= 15 is 0 Å². The first-order valence-corrected chi connectivity index (χ1v) is 7.43. The molecule has 0 aliphatic heterocycles. The van der Waals surface area contributed by atoms with Crippen LogP contribution in [0.3, 0.4) is 0 Å². The van der Waals surface area contributed by atoms with Gasteiger partial charge in [-0.25, -0.2) is 0 Å². The van der Waals surface area contributed by atoms with Gasteiger partial charge in [0.25, 0.3) is 0 Å². The molecule has 0 spiro atoms. The number of pyridine rings is 1. The number of nitrogens with zero attached hydrogens (tertiary/aromatic N) is 2. The molecule has 1 N–H and O–H groups in total. The number of aliphatic hydroxyl groups excluding tert-OH is 1. The largest absolute Gasteiger partial charge is 0.388 e. The molecule has 3 rings (SSSR count). The molecule has 3 heteroatoms. The summed E-state index contributed by atoms with van der Waals surface area (Å²) in [5, 5.41) is 11.5. The van der Waals surface area contributed by atoms with Gasteiger partial charge in [0.15, 0.2) is 0 Å². The lowest BCUT2D eigenvalue weighted by atomic mass is 10.0. The van der Waals surface area contributed by atoms with Crippen molar-refractivity contribution in [3.05, 3.63) is 71.9 Å². The van der Waals surface area contributed by atoms with Crippen molar-refractivity contribution in [1.82, 2.24) is 4.98 Å². The molecule has 3 nitrogen and oxygen atoms in total. The summed E-state index contributed by atoms with van der Waals surface area (Å²) < 4.78 is 0. The summed E-state index contributed by atoms with van der Waals surface area (Å²) in [6.07, 6.45) is -0.0172. The molecule has 0 aliphatic rings. The van der Waals surface area contributed by atoms with Crippen LogP contribution < -0.4 is 4.90 Å². The minimum Gasteiger partial charge on any atom is -0.388 e. The summed E-state index contributed by atoms with van der Waals surface area (Å²) in [5.74, 6) is 0. The number of para-hydroxylation sites is 1. The Morgan fingerprint density at radius 2 is 1.68 bits per heavy atom. The molecule has 0 aliphatic carbocycles. The predicted octanol–water partition coefficient (Wildman–Crippen LogP) is 3.58. The van der Waals surface area contributed by atoms with Gasteiger partial charge in [0, 0.05) is 37.3 Å². The topological polar surface area (TPSA) is 36.4 Å². The minimum atomic E-state index is -0.537. The van der Waals surface area contributed by atoms with E-state index in [0.29, 0.717) is 6.42 Å². The number of fused-ring (bicyclic) bond motifs is 1. The van der Waals surface area contributed by atoms with Crippen molar-refractivity contribution in [2.45, 2.75) is 12.5 Å². The first-order valence-electron chi connectivity index (χ1n) is 7.43. The van der Waals surface area contributed by atoms with Crippen molar-refractivity contribution in [2.75, 3.05) is 19.0 Å². The number of benzene rings is 2. The van der Waals surface area contributed by atoms with Gasteiger partial charge >= 0.3 is 0 Å². The molecule has 1 heterocycles. The summed E-state index contributed by atoms with van der Waals surface area (Å²) in [6, 6.07) is 20.1. The molecule has 2 aromatic carbocycles. The zero-order chi connectivity index (χ0) is 15.5. The van der Waals surface area contributed by atoms with E-state index in [9.17, 15) is 5.11 Å². The fourth-order valence-corrected chi connectivity index (χ4v) is 2.53. The Labute approximate surface area is 130 Å². The van der Waals surface area contributed by atoms with E-state index in [0.717, 1.165) is 27.8 Å². The second-order valence-electron chi connectivity index (χ2n) is 5.70. The van der Waals surface area contributed by atoms with Gasteiger partial charge in [-0.2, -0.15) is 0 Å². The lowest BCUT2D eigenvalue weighted by molar-refractivity contribution is 0.177. The summed E-state index contributed by atoms with van der Waals surface area (Å²) in [5.41, 5.74) is 3.92. The second kappa shape index (κ2) is 6.16. The molecule has 1 atom stereocenters. The first kappa shape index (κ1) is 14.5. The Kier molecular flexibility index (Phi) is 4.07. The van der Waals surface area contributed by atoms with Gasteiger partial charge < -0.3 is 10.0 Å². The summed E-state index contributed by atoms with van der Waals surface area (Å²) in [7, 11) is 4.01. The Hall–Kier alpha value is -2.39. The highest BCUT2D eigenvalue weighted by Crippen LogP contribution is 2.21. The number of hydrogen-bond acceptors (Lipinski definition) is 3. The van der Waals surface area contributed by atoms with Crippen molar-refractivity contribution in [2.24, 2.45) is 0 Å². The van der Waals surface area contributed by atoms with Gasteiger partial charge in [0.1, 0.15) is 0 Å². The van der Waals surface area contributed by atoms with E-state index in [4.69, 9.17) is 0 Å². The average molecular weight is 292 g/mol. The van der Waals surface area contributed by atoms with E-state index in [2.05, 4.69) is 11.1 Å². The van der Waals surface area contributed by atoms with E-state index in [-0.39, 0.29) is 0 Å². The standard InChI is InChI=1S/C19H20N2O/c1-21(2)17-11-8-15(9-12-17)19(22)13-16-10-7-14-5-3-4-6-18(14)20-16/h3-12,19,22H,13H2,1-2H3.